The number of hydrogen-bond donors (Lipinski definition) is 1. The van der Waals surface area contributed by atoms with Crippen LogP contribution in [0.5, 0.6) is 0 Å². The van der Waals surface area contributed by atoms with E-state index in [1.54, 1.807) is 12.1 Å². The molecule has 4 aromatic rings. The molecule has 1 N–H and O–H groups in total. The van der Waals surface area contributed by atoms with Gasteiger partial charge in [-0.05, 0) is 79.0 Å². The Hall–Kier alpha value is -3.26. The molecule has 0 aliphatic carbocycles. The number of hydrogen-bond acceptors (Lipinski definition) is 3. The lowest BCUT2D eigenvalue weighted by atomic mass is 10.1. The quantitative estimate of drug-likeness (QED) is 0.369. The van der Waals surface area contributed by atoms with Gasteiger partial charge in [-0.25, -0.2) is 4.39 Å². The largest absolute Gasteiger partial charge is 0.319 e. The second-order valence-electron chi connectivity index (χ2n) is 8.12. The molecule has 0 aliphatic heterocycles. The number of benzene rings is 2. The normalized spacial score (nSPS) is 11.1. The predicted molar refractivity (Wildman–Crippen MR) is 130 cm³/mol. The minimum atomic E-state index is -0.270. The van der Waals surface area contributed by atoms with Gasteiger partial charge in [0.25, 0.3) is 5.91 Å². The lowest BCUT2D eigenvalue weighted by Gasteiger charge is -2.09. The van der Waals surface area contributed by atoms with Crippen LogP contribution in [0.25, 0.3) is 0 Å². The molecule has 6 nitrogen and oxygen atoms in total. The second kappa shape index (κ2) is 9.31. The molecule has 0 saturated carbocycles. The van der Waals surface area contributed by atoms with Crippen molar-refractivity contribution in [3.05, 3.63) is 98.3 Å². The highest BCUT2D eigenvalue weighted by Crippen LogP contribution is 2.23. The smallest absolute Gasteiger partial charge is 0.255 e. The number of nitrogens with zero attached hydrogens (tertiary/aromatic N) is 4. The summed E-state index contributed by atoms with van der Waals surface area (Å²) in [5.41, 5.74) is 6.85. The van der Waals surface area contributed by atoms with Crippen molar-refractivity contribution in [3.63, 3.8) is 0 Å². The molecule has 0 bridgehead atoms. The average molecular weight is 510 g/mol. The predicted octanol–water partition coefficient (Wildman–Crippen LogP) is 5.56. The van der Waals surface area contributed by atoms with Gasteiger partial charge in [0.15, 0.2) is 0 Å². The zero-order chi connectivity index (χ0) is 23.7. The van der Waals surface area contributed by atoms with Gasteiger partial charge in [0, 0.05) is 5.56 Å². The number of rotatable bonds is 6. The van der Waals surface area contributed by atoms with E-state index < -0.39 is 0 Å². The molecule has 1 amide bonds. The first-order valence-electron chi connectivity index (χ1n) is 10.6. The van der Waals surface area contributed by atoms with Crippen LogP contribution in [-0.4, -0.2) is 25.5 Å². The number of carbonyl (C=O) groups is 1. The van der Waals surface area contributed by atoms with Crippen molar-refractivity contribution in [2.24, 2.45) is 0 Å². The summed E-state index contributed by atoms with van der Waals surface area (Å²) in [6.07, 6.45) is 0. The fraction of sp³-hybridized carbons (Fsp3) is 0.240. The van der Waals surface area contributed by atoms with Crippen LogP contribution in [0.4, 0.5) is 10.1 Å². The molecular weight excluding hydrogens is 485 g/mol. The third-order valence-electron chi connectivity index (χ3n) is 5.71. The molecule has 8 heteroatoms. The molecule has 4 rings (SSSR count). The highest BCUT2D eigenvalue weighted by atomic mass is 79.9. The summed E-state index contributed by atoms with van der Waals surface area (Å²) in [6.45, 7) is 8.89. The first-order valence-corrected chi connectivity index (χ1v) is 11.4. The van der Waals surface area contributed by atoms with Gasteiger partial charge in [-0.15, -0.1) is 0 Å². The van der Waals surface area contributed by atoms with Crippen LogP contribution in [0.15, 0.2) is 53.0 Å². The third kappa shape index (κ3) is 4.90. The van der Waals surface area contributed by atoms with E-state index in [1.807, 2.05) is 61.3 Å². The average Bonchev–Trinajstić information content (AvgIpc) is 3.19. The Labute approximate surface area is 200 Å². The maximum atomic E-state index is 13.2. The summed E-state index contributed by atoms with van der Waals surface area (Å²) in [6, 6.07) is 13.8. The molecule has 2 aromatic carbocycles. The molecule has 0 unspecified atom stereocenters. The number of aryl methyl sites for hydroxylation is 2. The highest BCUT2D eigenvalue weighted by molar-refractivity contribution is 9.10. The third-order valence-corrected chi connectivity index (χ3v) is 6.85. The fourth-order valence-electron chi connectivity index (χ4n) is 3.74. The zero-order valence-corrected chi connectivity index (χ0v) is 20.6. The van der Waals surface area contributed by atoms with Gasteiger partial charge < -0.3 is 5.32 Å². The molecule has 0 atom stereocenters. The van der Waals surface area contributed by atoms with E-state index >= 15 is 0 Å². The molecule has 170 valence electrons. The molecule has 2 aromatic heterocycles. The van der Waals surface area contributed by atoms with Crippen molar-refractivity contribution in [1.29, 1.82) is 0 Å². The van der Waals surface area contributed by atoms with Crippen LogP contribution < -0.4 is 5.32 Å². The molecule has 0 radical (unpaired) electrons. The van der Waals surface area contributed by atoms with Crippen LogP contribution in [0.3, 0.4) is 0 Å². The zero-order valence-electron chi connectivity index (χ0n) is 19.0. The number of halogens is 2. The lowest BCUT2D eigenvalue weighted by molar-refractivity contribution is 0.102. The van der Waals surface area contributed by atoms with Crippen molar-refractivity contribution in [2.45, 2.75) is 40.8 Å². The number of nitrogens with one attached hydrogen (secondary N) is 1. The Balaban J connectivity index is 1.46. The molecule has 2 heterocycles. The van der Waals surface area contributed by atoms with Gasteiger partial charge in [0.1, 0.15) is 5.82 Å². The van der Waals surface area contributed by atoms with Crippen molar-refractivity contribution in [3.8, 4) is 0 Å². The number of amides is 1. The Morgan fingerprint density at radius 1 is 0.848 bits per heavy atom. The minimum absolute atomic E-state index is 0.192. The summed E-state index contributed by atoms with van der Waals surface area (Å²) in [5, 5.41) is 12.1. The van der Waals surface area contributed by atoms with Gasteiger partial charge >= 0.3 is 0 Å². The summed E-state index contributed by atoms with van der Waals surface area (Å²) in [4.78, 5) is 12.9. The van der Waals surface area contributed by atoms with Crippen LogP contribution in [-0.2, 0) is 13.1 Å². The second-order valence-corrected chi connectivity index (χ2v) is 8.92. The standard InChI is InChI=1S/C25H25BrFN5O/c1-15-23(26)17(3)31(29-15)13-19-5-9-21(10-6-19)25(33)28-24-16(2)30-32(18(24)4)14-20-7-11-22(27)12-8-20/h5-12H,13-14H2,1-4H3,(H,28,33). The monoisotopic (exact) mass is 509 g/mol. The van der Waals surface area contributed by atoms with Crippen LogP contribution >= 0.6 is 15.9 Å². The number of carbonyl (C=O) groups excluding carboxylic acids is 1. The summed E-state index contributed by atoms with van der Waals surface area (Å²) >= 11 is 3.55. The Bertz CT molecular complexity index is 1310. The Morgan fingerprint density at radius 2 is 1.36 bits per heavy atom. The van der Waals surface area contributed by atoms with Gasteiger partial charge in [-0.2, -0.15) is 10.2 Å². The van der Waals surface area contributed by atoms with Crippen LogP contribution in [0, 0.1) is 33.5 Å². The highest BCUT2D eigenvalue weighted by Gasteiger charge is 2.16. The van der Waals surface area contributed by atoms with Crippen molar-refractivity contribution >= 4 is 27.5 Å². The van der Waals surface area contributed by atoms with Gasteiger partial charge in [0.2, 0.25) is 0 Å². The van der Waals surface area contributed by atoms with Crippen molar-refractivity contribution < 1.29 is 9.18 Å². The SMILES string of the molecule is Cc1nn(Cc2ccc(C(=O)Nc3c(C)nn(Cc4ccc(F)cc4)c3C)cc2)c(C)c1Br. The van der Waals surface area contributed by atoms with Gasteiger partial charge in [-0.3, -0.25) is 14.2 Å². The summed E-state index contributed by atoms with van der Waals surface area (Å²) < 4.78 is 17.9. The summed E-state index contributed by atoms with van der Waals surface area (Å²) in [5.74, 6) is -0.461. The van der Waals surface area contributed by atoms with E-state index in [0.717, 1.165) is 38.4 Å². The maximum Gasteiger partial charge on any atom is 0.255 e. The number of aromatic nitrogens is 4. The minimum Gasteiger partial charge on any atom is -0.319 e. The Morgan fingerprint density at radius 3 is 1.91 bits per heavy atom. The fourth-order valence-corrected chi connectivity index (χ4v) is 4.03. The first kappa shape index (κ1) is 22.9. The number of anilines is 1. The van der Waals surface area contributed by atoms with E-state index in [-0.39, 0.29) is 11.7 Å². The topological polar surface area (TPSA) is 64.7 Å². The van der Waals surface area contributed by atoms with E-state index in [1.165, 1.54) is 12.1 Å². The maximum absolute atomic E-state index is 13.2. The molecular formula is C25H25BrFN5O. The summed E-state index contributed by atoms with van der Waals surface area (Å²) in [7, 11) is 0. The van der Waals surface area contributed by atoms with E-state index in [9.17, 15) is 9.18 Å². The molecule has 0 spiro atoms. The van der Waals surface area contributed by atoms with E-state index in [4.69, 9.17) is 0 Å². The first-order chi connectivity index (χ1) is 15.7. The molecule has 0 saturated heterocycles. The van der Waals surface area contributed by atoms with E-state index in [0.29, 0.717) is 24.3 Å². The van der Waals surface area contributed by atoms with Crippen LogP contribution in [0.1, 0.15) is 44.3 Å². The lowest BCUT2D eigenvalue weighted by Crippen LogP contribution is -2.13. The molecule has 0 aliphatic rings. The van der Waals surface area contributed by atoms with Crippen LogP contribution in [0.2, 0.25) is 0 Å². The molecule has 0 fully saturated rings. The molecule has 33 heavy (non-hydrogen) atoms. The van der Waals surface area contributed by atoms with Crippen molar-refractivity contribution in [1.82, 2.24) is 19.6 Å². The van der Waals surface area contributed by atoms with Crippen molar-refractivity contribution in [2.75, 3.05) is 5.32 Å². The van der Waals surface area contributed by atoms with E-state index in [2.05, 4.69) is 31.4 Å². The van der Waals surface area contributed by atoms with Gasteiger partial charge in [-0.1, -0.05) is 24.3 Å². The Kier molecular flexibility index (Phi) is 6.47. The van der Waals surface area contributed by atoms with Gasteiger partial charge in [0.05, 0.1) is 46.0 Å².